The third-order valence-electron chi connectivity index (χ3n) is 4.48. The van der Waals surface area contributed by atoms with Crippen LogP contribution in [0.25, 0.3) is 0 Å². The van der Waals surface area contributed by atoms with Crippen LogP contribution in [0.4, 0.5) is 0 Å². The molecule has 17 heavy (non-hydrogen) atoms. The zero-order valence-electron chi connectivity index (χ0n) is 11.3. The van der Waals surface area contributed by atoms with E-state index in [9.17, 15) is 9.90 Å². The number of hydrogen-bond acceptors (Lipinski definition) is 3. The van der Waals surface area contributed by atoms with Crippen molar-refractivity contribution < 1.29 is 9.90 Å². The van der Waals surface area contributed by atoms with Gasteiger partial charge in [0.15, 0.2) is 0 Å². The molecule has 1 fully saturated rings. The van der Waals surface area contributed by atoms with Crippen molar-refractivity contribution in [3.63, 3.8) is 0 Å². The molecule has 0 aromatic heterocycles. The van der Waals surface area contributed by atoms with Gasteiger partial charge in [-0.15, -0.1) is 6.58 Å². The summed E-state index contributed by atoms with van der Waals surface area (Å²) in [5.74, 6) is 0.273. The van der Waals surface area contributed by atoms with Crippen LogP contribution in [-0.4, -0.2) is 29.1 Å². The minimum Gasteiger partial charge on any atom is -0.388 e. The molecule has 0 aromatic rings. The maximum Gasteiger partial charge on any atom is 0.133 e. The molecule has 0 heterocycles. The van der Waals surface area contributed by atoms with Gasteiger partial charge in [0.25, 0.3) is 0 Å². The van der Waals surface area contributed by atoms with Gasteiger partial charge >= 0.3 is 0 Å². The Hall–Kier alpha value is -0.670. The maximum absolute atomic E-state index is 11.6. The Kier molecular flexibility index (Phi) is 4.50. The molecule has 1 saturated carbocycles. The largest absolute Gasteiger partial charge is 0.388 e. The van der Waals surface area contributed by atoms with Crippen molar-refractivity contribution in [2.24, 2.45) is 5.41 Å². The van der Waals surface area contributed by atoms with Gasteiger partial charge in [0, 0.05) is 30.8 Å². The zero-order valence-corrected chi connectivity index (χ0v) is 11.3. The van der Waals surface area contributed by atoms with Crippen LogP contribution in [0.2, 0.25) is 0 Å². The van der Waals surface area contributed by atoms with E-state index in [1.165, 1.54) is 0 Å². The van der Waals surface area contributed by atoms with Crippen LogP contribution in [0.3, 0.4) is 0 Å². The first kappa shape index (κ1) is 14.4. The molecule has 1 aliphatic rings. The van der Waals surface area contributed by atoms with Crippen LogP contribution in [0.15, 0.2) is 12.7 Å². The lowest BCUT2D eigenvalue weighted by molar-refractivity contribution is -0.151. The summed E-state index contributed by atoms with van der Waals surface area (Å²) < 4.78 is 0. The predicted molar refractivity (Wildman–Crippen MR) is 69.9 cm³/mol. The zero-order chi connectivity index (χ0) is 13.1. The van der Waals surface area contributed by atoms with E-state index < -0.39 is 5.60 Å². The van der Waals surface area contributed by atoms with Crippen molar-refractivity contribution >= 4 is 5.78 Å². The normalized spacial score (nSPS) is 35.6. The van der Waals surface area contributed by atoms with Crippen molar-refractivity contribution in [3.05, 3.63) is 12.7 Å². The number of ketones is 1. The Balaban J connectivity index is 2.89. The van der Waals surface area contributed by atoms with Gasteiger partial charge in [-0.1, -0.05) is 19.9 Å². The number of rotatable bonds is 5. The smallest absolute Gasteiger partial charge is 0.133 e. The fraction of sp³-hybridized carbons (Fsp3) is 0.786. The Morgan fingerprint density at radius 2 is 2.29 bits per heavy atom. The molecule has 3 atom stereocenters. The second kappa shape index (κ2) is 5.32. The number of hydrogen-bond donors (Lipinski definition) is 2. The van der Waals surface area contributed by atoms with E-state index in [4.69, 9.17) is 0 Å². The van der Waals surface area contributed by atoms with Crippen LogP contribution >= 0.6 is 0 Å². The van der Waals surface area contributed by atoms with E-state index in [-0.39, 0.29) is 17.2 Å². The van der Waals surface area contributed by atoms with Crippen molar-refractivity contribution in [1.82, 2.24) is 5.32 Å². The minimum absolute atomic E-state index is 0.0291. The number of carbonyl (C=O) groups is 1. The van der Waals surface area contributed by atoms with E-state index in [1.807, 2.05) is 20.8 Å². The second-order valence-corrected chi connectivity index (χ2v) is 5.47. The topological polar surface area (TPSA) is 49.3 Å². The van der Waals surface area contributed by atoms with Gasteiger partial charge in [0.1, 0.15) is 5.78 Å². The lowest BCUT2D eigenvalue weighted by Crippen LogP contribution is -2.61. The van der Waals surface area contributed by atoms with E-state index in [0.717, 1.165) is 6.42 Å². The summed E-state index contributed by atoms with van der Waals surface area (Å²) in [4.78, 5) is 11.6. The molecular weight excluding hydrogens is 214 g/mol. The van der Waals surface area contributed by atoms with Crippen LogP contribution in [-0.2, 0) is 4.79 Å². The first-order valence-electron chi connectivity index (χ1n) is 6.48. The van der Waals surface area contributed by atoms with Crippen molar-refractivity contribution in [1.29, 1.82) is 0 Å². The van der Waals surface area contributed by atoms with Crippen LogP contribution < -0.4 is 5.32 Å². The number of aliphatic hydroxyl groups is 1. The maximum atomic E-state index is 11.6. The molecule has 0 bridgehead atoms. The second-order valence-electron chi connectivity index (χ2n) is 5.47. The highest BCUT2D eigenvalue weighted by atomic mass is 16.3. The quantitative estimate of drug-likeness (QED) is 0.722. The van der Waals surface area contributed by atoms with Gasteiger partial charge in [0.2, 0.25) is 0 Å². The van der Waals surface area contributed by atoms with Crippen LogP contribution in [0, 0.1) is 5.41 Å². The molecule has 0 aliphatic heterocycles. The van der Waals surface area contributed by atoms with E-state index in [1.54, 1.807) is 6.08 Å². The number of Topliss-reactive ketones (excluding diaryl/α,β-unsaturated/α-hetero) is 1. The van der Waals surface area contributed by atoms with Crippen LogP contribution in [0.5, 0.6) is 0 Å². The Morgan fingerprint density at radius 1 is 1.65 bits per heavy atom. The minimum atomic E-state index is -0.807. The average molecular weight is 239 g/mol. The Labute approximate surface area is 104 Å². The van der Waals surface area contributed by atoms with E-state index >= 15 is 0 Å². The molecule has 0 saturated heterocycles. The molecule has 3 heteroatoms. The summed E-state index contributed by atoms with van der Waals surface area (Å²) >= 11 is 0. The van der Waals surface area contributed by atoms with Crippen molar-refractivity contribution in [3.8, 4) is 0 Å². The highest BCUT2D eigenvalue weighted by molar-refractivity contribution is 5.80. The van der Waals surface area contributed by atoms with Gasteiger partial charge in [-0.25, -0.2) is 0 Å². The summed E-state index contributed by atoms with van der Waals surface area (Å²) in [7, 11) is 0. The fourth-order valence-corrected chi connectivity index (χ4v) is 2.91. The Bertz CT molecular complexity index is 303. The number of carbonyl (C=O) groups excluding carboxylic acids is 1. The van der Waals surface area contributed by atoms with E-state index in [0.29, 0.717) is 25.8 Å². The standard InChI is InChI=1S/C14H25NO2/c1-5-9-15-11(3)14(17)8-7-12(16)10-13(14,4)6-2/h5,11,15,17H,1,6-10H2,2-4H3. The summed E-state index contributed by atoms with van der Waals surface area (Å²) in [6.45, 7) is 10.4. The summed E-state index contributed by atoms with van der Waals surface area (Å²) in [6.07, 6.45) is 4.14. The molecule has 0 spiro atoms. The molecule has 3 nitrogen and oxygen atoms in total. The lowest BCUT2D eigenvalue weighted by Gasteiger charge is -2.51. The molecular formula is C14H25NO2. The van der Waals surface area contributed by atoms with Gasteiger partial charge in [-0.3, -0.25) is 4.79 Å². The molecule has 1 rings (SSSR count). The SMILES string of the molecule is C=CCNC(C)C1(O)CCC(=O)CC1(C)CC. The van der Waals surface area contributed by atoms with Gasteiger partial charge < -0.3 is 10.4 Å². The lowest BCUT2D eigenvalue weighted by atomic mass is 9.60. The molecule has 0 aromatic carbocycles. The Morgan fingerprint density at radius 3 is 2.82 bits per heavy atom. The van der Waals surface area contributed by atoms with Gasteiger partial charge in [-0.05, 0) is 19.8 Å². The summed E-state index contributed by atoms with van der Waals surface area (Å²) in [5.41, 5.74) is -1.13. The van der Waals surface area contributed by atoms with Crippen LogP contribution in [0.1, 0.15) is 46.5 Å². The van der Waals surface area contributed by atoms with Crippen molar-refractivity contribution in [2.75, 3.05) is 6.54 Å². The fourth-order valence-electron chi connectivity index (χ4n) is 2.91. The third kappa shape index (κ3) is 2.61. The van der Waals surface area contributed by atoms with Gasteiger partial charge in [-0.2, -0.15) is 0 Å². The molecule has 0 amide bonds. The summed E-state index contributed by atoms with van der Waals surface area (Å²) in [6, 6.07) is -0.0291. The first-order valence-corrected chi connectivity index (χ1v) is 6.48. The highest BCUT2D eigenvalue weighted by Gasteiger charge is 2.52. The molecule has 2 N–H and O–H groups in total. The predicted octanol–water partition coefficient (Wildman–Crippen LogP) is 2.05. The first-order chi connectivity index (χ1) is 7.89. The molecule has 3 unspecified atom stereocenters. The molecule has 1 aliphatic carbocycles. The average Bonchev–Trinajstić information content (AvgIpc) is 2.31. The highest BCUT2D eigenvalue weighted by Crippen LogP contribution is 2.47. The summed E-state index contributed by atoms with van der Waals surface area (Å²) in [5, 5.41) is 14.2. The third-order valence-corrected chi connectivity index (χ3v) is 4.48. The van der Waals surface area contributed by atoms with E-state index in [2.05, 4.69) is 11.9 Å². The number of nitrogens with one attached hydrogen (secondary N) is 1. The molecule has 98 valence electrons. The van der Waals surface area contributed by atoms with Crippen molar-refractivity contribution in [2.45, 2.75) is 58.1 Å². The monoisotopic (exact) mass is 239 g/mol. The molecule has 0 radical (unpaired) electrons. The van der Waals surface area contributed by atoms with Gasteiger partial charge in [0.05, 0.1) is 5.60 Å².